The minimum atomic E-state index is -0.535. The van der Waals surface area contributed by atoms with Gasteiger partial charge in [-0.1, -0.05) is 54.6 Å². The summed E-state index contributed by atoms with van der Waals surface area (Å²) >= 11 is 0. The Labute approximate surface area is 119 Å². The molecule has 0 aliphatic heterocycles. The summed E-state index contributed by atoms with van der Waals surface area (Å²) in [5.74, 6) is -0.428. The maximum absolute atomic E-state index is 10.9. The fourth-order valence-electron chi connectivity index (χ4n) is 2.21. The molecule has 4 N–H and O–H groups in total. The molecular weight excluding hydrogens is 248 g/mol. The van der Waals surface area contributed by atoms with Crippen molar-refractivity contribution in [3.05, 3.63) is 60.2 Å². The first-order chi connectivity index (χ1) is 9.66. The third-order valence-electron chi connectivity index (χ3n) is 3.38. The summed E-state index contributed by atoms with van der Waals surface area (Å²) in [6.07, 6.45) is 2.40. The van der Waals surface area contributed by atoms with Gasteiger partial charge in [-0.05, 0) is 36.0 Å². The lowest BCUT2D eigenvalue weighted by Crippen LogP contribution is -2.36. The molecule has 20 heavy (non-hydrogen) atoms. The van der Waals surface area contributed by atoms with Gasteiger partial charge in [0.1, 0.15) is 0 Å². The Hall–Kier alpha value is -2.13. The van der Waals surface area contributed by atoms with Crippen molar-refractivity contribution in [2.24, 2.45) is 11.5 Å². The Morgan fingerprint density at radius 1 is 1.00 bits per heavy atom. The van der Waals surface area contributed by atoms with Crippen LogP contribution in [-0.2, 0) is 11.2 Å². The summed E-state index contributed by atoms with van der Waals surface area (Å²) in [4.78, 5) is 10.9. The second-order valence-electron chi connectivity index (χ2n) is 4.97. The van der Waals surface area contributed by atoms with Gasteiger partial charge in [0.2, 0.25) is 5.91 Å². The van der Waals surface area contributed by atoms with Gasteiger partial charge in [0, 0.05) is 0 Å². The highest BCUT2D eigenvalue weighted by atomic mass is 16.1. The Kier molecular flexibility index (Phi) is 4.91. The van der Waals surface area contributed by atoms with E-state index in [-0.39, 0.29) is 0 Å². The summed E-state index contributed by atoms with van der Waals surface area (Å²) in [5, 5.41) is 0. The van der Waals surface area contributed by atoms with E-state index in [9.17, 15) is 4.79 Å². The molecule has 0 unspecified atom stereocenters. The van der Waals surface area contributed by atoms with Gasteiger partial charge in [-0.25, -0.2) is 0 Å². The second-order valence-corrected chi connectivity index (χ2v) is 4.97. The minimum absolute atomic E-state index is 0.428. The van der Waals surface area contributed by atoms with Crippen molar-refractivity contribution < 1.29 is 4.79 Å². The number of carbonyl (C=O) groups is 1. The monoisotopic (exact) mass is 268 g/mol. The molecule has 0 spiro atoms. The van der Waals surface area contributed by atoms with Crippen LogP contribution in [0, 0.1) is 0 Å². The molecule has 1 amide bonds. The maximum Gasteiger partial charge on any atom is 0.234 e. The van der Waals surface area contributed by atoms with Crippen molar-refractivity contribution in [2.45, 2.75) is 25.3 Å². The third kappa shape index (κ3) is 3.93. The molecule has 104 valence electrons. The Bertz CT molecular complexity index is 566. The van der Waals surface area contributed by atoms with Gasteiger partial charge in [-0.15, -0.1) is 0 Å². The highest BCUT2D eigenvalue weighted by molar-refractivity contribution is 5.79. The average molecular weight is 268 g/mol. The second kappa shape index (κ2) is 6.87. The van der Waals surface area contributed by atoms with E-state index >= 15 is 0 Å². The third-order valence-corrected chi connectivity index (χ3v) is 3.38. The summed E-state index contributed by atoms with van der Waals surface area (Å²) < 4.78 is 0. The first-order valence-electron chi connectivity index (χ1n) is 6.86. The van der Waals surface area contributed by atoms with E-state index in [2.05, 4.69) is 36.4 Å². The van der Waals surface area contributed by atoms with Crippen molar-refractivity contribution in [1.29, 1.82) is 0 Å². The summed E-state index contributed by atoms with van der Waals surface area (Å²) in [5.41, 5.74) is 14.5. The zero-order valence-corrected chi connectivity index (χ0v) is 11.5. The van der Waals surface area contributed by atoms with E-state index in [4.69, 9.17) is 11.5 Å². The summed E-state index contributed by atoms with van der Waals surface area (Å²) in [6.45, 7) is 0. The quantitative estimate of drug-likeness (QED) is 0.845. The highest BCUT2D eigenvalue weighted by Crippen LogP contribution is 2.20. The van der Waals surface area contributed by atoms with E-state index in [0.717, 1.165) is 12.8 Å². The lowest BCUT2D eigenvalue weighted by Gasteiger charge is -2.08. The van der Waals surface area contributed by atoms with Crippen LogP contribution in [0.4, 0.5) is 0 Å². The van der Waals surface area contributed by atoms with Crippen LogP contribution in [0.15, 0.2) is 54.6 Å². The van der Waals surface area contributed by atoms with Crippen molar-refractivity contribution in [3.63, 3.8) is 0 Å². The molecule has 2 aromatic rings. The van der Waals surface area contributed by atoms with Gasteiger partial charge in [0.25, 0.3) is 0 Å². The van der Waals surface area contributed by atoms with Crippen molar-refractivity contribution in [1.82, 2.24) is 0 Å². The van der Waals surface area contributed by atoms with Crippen LogP contribution in [0.5, 0.6) is 0 Å². The van der Waals surface area contributed by atoms with Gasteiger partial charge in [0.05, 0.1) is 6.04 Å². The molecule has 0 fully saturated rings. The van der Waals surface area contributed by atoms with Crippen LogP contribution in [0.3, 0.4) is 0 Å². The normalized spacial score (nSPS) is 12.1. The molecule has 0 heterocycles. The van der Waals surface area contributed by atoms with Crippen LogP contribution >= 0.6 is 0 Å². The fourth-order valence-corrected chi connectivity index (χ4v) is 2.21. The number of amides is 1. The summed E-state index contributed by atoms with van der Waals surface area (Å²) in [7, 11) is 0. The smallest absolute Gasteiger partial charge is 0.234 e. The molecule has 0 aliphatic rings. The molecule has 2 aromatic carbocycles. The zero-order valence-electron chi connectivity index (χ0n) is 11.5. The van der Waals surface area contributed by atoms with Crippen LogP contribution in [0.2, 0.25) is 0 Å². The number of rotatable bonds is 6. The standard InChI is InChI=1S/C17H20N2O/c18-16(17(19)20)11-5-7-13-6-4-10-15(12-13)14-8-2-1-3-9-14/h1-4,6,8-10,12,16H,5,7,11,18H2,(H2,19,20)/t16-/m0/s1. The maximum atomic E-state index is 10.9. The van der Waals surface area contributed by atoms with E-state index < -0.39 is 11.9 Å². The number of primary amides is 1. The van der Waals surface area contributed by atoms with Gasteiger partial charge in [0.15, 0.2) is 0 Å². The van der Waals surface area contributed by atoms with Crippen molar-refractivity contribution >= 4 is 5.91 Å². The first kappa shape index (κ1) is 14.3. The Morgan fingerprint density at radius 3 is 2.40 bits per heavy atom. The minimum Gasteiger partial charge on any atom is -0.368 e. The lowest BCUT2D eigenvalue weighted by molar-refractivity contribution is -0.119. The highest BCUT2D eigenvalue weighted by Gasteiger charge is 2.08. The van der Waals surface area contributed by atoms with Gasteiger partial charge in [-0.2, -0.15) is 0 Å². The van der Waals surface area contributed by atoms with E-state index in [1.165, 1.54) is 16.7 Å². The van der Waals surface area contributed by atoms with E-state index in [1.54, 1.807) is 0 Å². The Morgan fingerprint density at radius 2 is 1.70 bits per heavy atom. The number of carbonyl (C=O) groups excluding carboxylic acids is 1. The van der Waals surface area contributed by atoms with Gasteiger partial charge < -0.3 is 11.5 Å². The SMILES string of the molecule is NC(=O)[C@@H](N)CCCc1cccc(-c2ccccc2)c1. The molecule has 1 atom stereocenters. The molecule has 0 saturated heterocycles. The largest absolute Gasteiger partial charge is 0.368 e. The average Bonchev–Trinajstić information content (AvgIpc) is 2.48. The van der Waals surface area contributed by atoms with Gasteiger partial charge in [-0.3, -0.25) is 4.79 Å². The fraction of sp³-hybridized carbons (Fsp3) is 0.235. The molecule has 2 rings (SSSR count). The lowest BCUT2D eigenvalue weighted by atomic mass is 9.99. The molecule has 3 heteroatoms. The van der Waals surface area contributed by atoms with Crippen LogP contribution in [0.25, 0.3) is 11.1 Å². The number of benzene rings is 2. The number of nitrogens with two attached hydrogens (primary N) is 2. The van der Waals surface area contributed by atoms with Crippen LogP contribution < -0.4 is 11.5 Å². The predicted molar refractivity (Wildman–Crippen MR) is 82.0 cm³/mol. The molecule has 0 bridgehead atoms. The number of aryl methyl sites for hydroxylation is 1. The van der Waals surface area contributed by atoms with Crippen LogP contribution in [-0.4, -0.2) is 11.9 Å². The predicted octanol–water partition coefficient (Wildman–Crippen LogP) is 2.49. The van der Waals surface area contributed by atoms with E-state index in [1.807, 2.05) is 18.2 Å². The molecule has 0 saturated carbocycles. The molecule has 0 aromatic heterocycles. The topological polar surface area (TPSA) is 69.1 Å². The first-order valence-corrected chi connectivity index (χ1v) is 6.86. The zero-order chi connectivity index (χ0) is 14.4. The molecule has 3 nitrogen and oxygen atoms in total. The number of hydrogen-bond acceptors (Lipinski definition) is 2. The number of hydrogen-bond donors (Lipinski definition) is 2. The summed E-state index contributed by atoms with van der Waals surface area (Å²) in [6, 6.07) is 18.2. The van der Waals surface area contributed by atoms with Gasteiger partial charge >= 0.3 is 0 Å². The van der Waals surface area contributed by atoms with Crippen molar-refractivity contribution in [2.75, 3.05) is 0 Å². The molecule has 0 radical (unpaired) electrons. The van der Waals surface area contributed by atoms with Crippen LogP contribution in [0.1, 0.15) is 18.4 Å². The Balaban J connectivity index is 1.98. The van der Waals surface area contributed by atoms with E-state index in [0.29, 0.717) is 6.42 Å². The molecule has 0 aliphatic carbocycles. The van der Waals surface area contributed by atoms with Crippen molar-refractivity contribution in [3.8, 4) is 11.1 Å². The molecular formula is C17H20N2O.